The maximum atomic E-state index is 12.8. The Morgan fingerprint density at radius 3 is 2.32 bits per heavy atom. The number of aromatic nitrogens is 2. The molecule has 8 nitrogen and oxygen atoms in total. The first-order valence-electron chi connectivity index (χ1n) is 13.6. The molecule has 3 heterocycles. The Morgan fingerprint density at radius 2 is 1.66 bits per heavy atom. The van der Waals surface area contributed by atoms with Crippen LogP contribution < -0.4 is 16.0 Å². The summed E-state index contributed by atoms with van der Waals surface area (Å²) < 4.78 is 0. The molecule has 2 aliphatic rings. The van der Waals surface area contributed by atoms with Crippen molar-refractivity contribution in [2.75, 3.05) is 13.1 Å². The van der Waals surface area contributed by atoms with E-state index in [1.54, 1.807) is 0 Å². The molecule has 200 valence electrons. The molecule has 3 aromatic rings. The topological polar surface area (TPSA) is 102 Å². The molecule has 2 aromatic carbocycles. The number of imidazole rings is 1. The third kappa shape index (κ3) is 6.07. The van der Waals surface area contributed by atoms with Crippen LogP contribution in [0.5, 0.6) is 0 Å². The third-order valence-corrected chi connectivity index (χ3v) is 7.23. The van der Waals surface area contributed by atoms with E-state index in [1.807, 2.05) is 31.9 Å². The van der Waals surface area contributed by atoms with Gasteiger partial charge in [-0.3, -0.25) is 4.79 Å². The highest BCUT2D eigenvalue weighted by Crippen LogP contribution is 2.32. The summed E-state index contributed by atoms with van der Waals surface area (Å²) in [5.41, 5.74) is 5.05. The molecular weight excluding hydrogens is 476 g/mol. The number of likely N-dealkylation sites (tertiary alicyclic amines) is 1. The average molecular weight is 515 g/mol. The molecule has 0 radical (unpaired) electrons. The minimum Gasteiger partial charge on any atom is -0.351 e. The minimum atomic E-state index is -0.275. The fourth-order valence-electron chi connectivity index (χ4n) is 5.22. The molecule has 1 aromatic heterocycles. The Bertz CT molecular complexity index is 1250. The largest absolute Gasteiger partial charge is 0.351 e. The average Bonchev–Trinajstić information content (AvgIpc) is 3.68. The van der Waals surface area contributed by atoms with Crippen LogP contribution in [0.15, 0.2) is 54.7 Å². The first kappa shape index (κ1) is 26.0. The number of carbonyl (C=O) groups is 2. The molecule has 2 atom stereocenters. The summed E-state index contributed by atoms with van der Waals surface area (Å²) in [6.07, 6.45) is 5.69. The third-order valence-electron chi connectivity index (χ3n) is 7.23. The fourth-order valence-corrected chi connectivity index (χ4v) is 5.22. The van der Waals surface area contributed by atoms with Crippen molar-refractivity contribution < 1.29 is 9.59 Å². The summed E-state index contributed by atoms with van der Waals surface area (Å²) in [6.45, 7) is 8.17. The molecule has 38 heavy (non-hydrogen) atoms. The Balaban J connectivity index is 1.21. The van der Waals surface area contributed by atoms with Gasteiger partial charge < -0.3 is 25.8 Å². The van der Waals surface area contributed by atoms with Crippen molar-refractivity contribution in [2.24, 2.45) is 0 Å². The van der Waals surface area contributed by atoms with E-state index in [-0.39, 0.29) is 29.6 Å². The number of carbonyl (C=O) groups excluding carboxylic acids is 2. The molecule has 0 saturated carbocycles. The van der Waals surface area contributed by atoms with Crippen LogP contribution >= 0.6 is 0 Å². The van der Waals surface area contributed by atoms with E-state index in [1.165, 1.54) is 0 Å². The zero-order chi connectivity index (χ0) is 26.7. The van der Waals surface area contributed by atoms with Crippen LogP contribution in [0.3, 0.4) is 0 Å². The molecule has 2 fully saturated rings. The molecular formula is C30H38N6O2. The lowest BCUT2D eigenvalue weighted by molar-refractivity contribution is -0.122. The van der Waals surface area contributed by atoms with Gasteiger partial charge in [-0.15, -0.1) is 0 Å². The highest BCUT2D eigenvalue weighted by Gasteiger charge is 2.33. The summed E-state index contributed by atoms with van der Waals surface area (Å²) in [5, 5.41) is 9.33. The van der Waals surface area contributed by atoms with Crippen LogP contribution in [0.1, 0.15) is 63.9 Å². The van der Waals surface area contributed by atoms with Gasteiger partial charge in [0.25, 0.3) is 0 Å². The van der Waals surface area contributed by atoms with Gasteiger partial charge in [0.1, 0.15) is 5.82 Å². The lowest BCUT2D eigenvalue weighted by atomic mass is 10.0. The van der Waals surface area contributed by atoms with E-state index in [9.17, 15) is 9.59 Å². The quantitative estimate of drug-likeness (QED) is 0.381. The summed E-state index contributed by atoms with van der Waals surface area (Å²) in [7, 11) is 0. The molecule has 2 aliphatic heterocycles. The molecule has 5 rings (SSSR count). The first-order valence-corrected chi connectivity index (χ1v) is 13.6. The first-order chi connectivity index (χ1) is 18.3. The van der Waals surface area contributed by atoms with E-state index in [2.05, 4.69) is 74.4 Å². The van der Waals surface area contributed by atoms with Gasteiger partial charge in [0.05, 0.1) is 24.0 Å². The van der Waals surface area contributed by atoms with Gasteiger partial charge in [-0.1, -0.05) is 48.5 Å². The van der Waals surface area contributed by atoms with E-state index in [0.29, 0.717) is 6.54 Å². The summed E-state index contributed by atoms with van der Waals surface area (Å²) in [5.74, 6) is 0.912. The van der Waals surface area contributed by atoms with Crippen molar-refractivity contribution in [1.29, 1.82) is 0 Å². The number of urea groups is 1. The standard InChI is InChI=1S/C30H38N6O2/c1-30(2,3)35-29(38)36-17-5-7-26(36)27-32-19-25(34-27)23-14-12-22(13-15-23)21-10-8-20(9-11-21)18-33-28(37)24-6-4-16-31-24/h8-15,19,24,26,31H,4-7,16-18H2,1-3H3,(H,32,34)(H,33,37)(H,35,38). The molecule has 2 unspecified atom stereocenters. The number of H-pyrrole nitrogens is 1. The Kier molecular flexibility index (Phi) is 7.51. The second-order valence-corrected chi connectivity index (χ2v) is 11.4. The zero-order valence-electron chi connectivity index (χ0n) is 22.5. The predicted molar refractivity (Wildman–Crippen MR) is 149 cm³/mol. The number of amides is 3. The lowest BCUT2D eigenvalue weighted by Crippen LogP contribution is -2.48. The number of nitrogens with zero attached hydrogens (tertiary/aromatic N) is 2. The molecule has 3 amide bonds. The lowest BCUT2D eigenvalue weighted by Gasteiger charge is -2.28. The number of rotatable bonds is 6. The second kappa shape index (κ2) is 11.0. The van der Waals surface area contributed by atoms with Gasteiger partial charge in [-0.25, -0.2) is 9.78 Å². The summed E-state index contributed by atoms with van der Waals surface area (Å²) >= 11 is 0. The van der Waals surface area contributed by atoms with Gasteiger partial charge in [-0.2, -0.15) is 0 Å². The smallest absolute Gasteiger partial charge is 0.318 e. The van der Waals surface area contributed by atoms with Gasteiger partial charge in [0.2, 0.25) is 5.91 Å². The van der Waals surface area contributed by atoms with E-state index >= 15 is 0 Å². The predicted octanol–water partition coefficient (Wildman–Crippen LogP) is 4.76. The molecule has 2 saturated heterocycles. The number of hydrogen-bond donors (Lipinski definition) is 4. The Morgan fingerprint density at radius 1 is 0.974 bits per heavy atom. The second-order valence-electron chi connectivity index (χ2n) is 11.4. The number of hydrogen-bond acceptors (Lipinski definition) is 4. The minimum absolute atomic E-state index is 0.0388. The molecule has 0 bridgehead atoms. The van der Waals surface area contributed by atoms with Crippen molar-refractivity contribution in [2.45, 2.75) is 70.6 Å². The van der Waals surface area contributed by atoms with Crippen molar-refractivity contribution in [3.05, 3.63) is 66.1 Å². The normalized spacial score (nSPS) is 19.5. The molecule has 8 heteroatoms. The Hall–Kier alpha value is -3.65. The van der Waals surface area contributed by atoms with E-state index in [0.717, 1.165) is 72.5 Å². The summed E-state index contributed by atoms with van der Waals surface area (Å²) in [6, 6.07) is 16.6. The monoisotopic (exact) mass is 514 g/mol. The number of aromatic amines is 1. The van der Waals surface area contributed by atoms with Crippen LogP contribution in [0.2, 0.25) is 0 Å². The molecule has 0 aliphatic carbocycles. The van der Waals surface area contributed by atoms with Crippen molar-refractivity contribution >= 4 is 11.9 Å². The molecule has 4 N–H and O–H groups in total. The van der Waals surface area contributed by atoms with Crippen LogP contribution in [0, 0.1) is 0 Å². The van der Waals surface area contributed by atoms with Crippen molar-refractivity contribution in [1.82, 2.24) is 30.8 Å². The van der Waals surface area contributed by atoms with Gasteiger partial charge in [0.15, 0.2) is 0 Å². The Labute approximate surface area is 224 Å². The maximum absolute atomic E-state index is 12.8. The van der Waals surface area contributed by atoms with E-state index < -0.39 is 0 Å². The van der Waals surface area contributed by atoms with Crippen molar-refractivity contribution in [3.8, 4) is 22.4 Å². The van der Waals surface area contributed by atoms with Crippen LogP contribution in [0.4, 0.5) is 4.79 Å². The zero-order valence-corrected chi connectivity index (χ0v) is 22.5. The SMILES string of the molecule is CC(C)(C)NC(=O)N1CCCC1c1ncc(-c2ccc(-c3ccc(CNC(=O)C4CCCN4)cc3)cc2)[nH]1. The van der Waals surface area contributed by atoms with Gasteiger partial charge in [0, 0.05) is 18.6 Å². The van der Waals surface area contributed by atoms with Gasteiger partial charge in [-0.05, 0) is 75.3 Å². The van der Waals surface area contributed by atoms with Crippen LogP contribution in [-0.2, 0) is 11.3 Å². The fraction of sp³-hybridized carbons (Fsp3) is 0.433. The highest BCUT2D eigenvalue weighted by molar-refractivity contribution is 5.82. The van der Waals surface area contributed by atoms with Gasteiger partial charge >= 0.3 is 6.03 Å². The van der Waals surface area contributed by atoms with Crippen molar-refractivity contribution in [3.63, 3.8) is 0 Å². The van der Waals surface area contributed by atoms with Crippen LogP contribution in [-0.4, -0.2) is 51.5 Å². The highest BCUT2D eigenvalue weighted by atomic mass is 16.2. The van der Waals surface area contributed by atoms with E-state index in [4.69, 9.17) is 0 Å². The number of nitrogens with one attached hydrogen (secondary N) is 4. The molecule has 0 spiro atoms. The van der Waals surface area contributed by atoms with Crippen LogP contribution in [0.25, 0.3) is 22.4 Å². The summed E-state index contributed by atoms with van der Waals surface area (Å²) in [4.78, 5) is 35.0. The number of benzene rings is 2. The maximum Gasteiger partial charge on any atom is 0.318 e.